The number of benzene rings is 1. The predicted molar refractivity (Wildman–Crippen MR) is 84.7 cm³/mol. The summed E-state index contributed by atoms with van der Waals surface area (Å²) in [5.41, 5.74) is 2.24. The third-order valence-corrected chi connectivity index (χ3v) is 5.80. The fourth-order valence-electron chi connectivity index (χ4n) is 1.94. The van der Waals surface area contributed by atoms with Gasteiger partial charge in [0, 0.05) is 4.47 Å². The number of rotatable bonds is 4. The molecule has 0 radical (unpaired) electrons. The van der Waals surface area contributed by atoms with Crippen LogP contribution in [0.15, 0.2) is 32.9 Å². The lowest BCUT2D eigenvalue weighted by atomic mass is 10.1. The van der Waals surface area contributed by atoms with Crippen LogP contribution in [0.1, 0.15) is 16.0 Å². The van der Waals surface area contributed by atoms with E-state index in [4.69, 9.17) is 0 Å². The van der Waals surface area contributed by atoms with Gasteiger partial charge in [0.15, 0.2) is 0 Å². The van der Waals surface area contributed by atoms with Gasteiger partial charge in [0.05, 0.1) is 17.2 Å². The summed E-state index contributed by atoms with van der Waals surface area (Å²) in [6.45, 7) is 3.40. The molecule has 0 atom stereocenters. The minimum Gasteiger partial charge on any atom is -0.391 e. The molecule has 0 spiro atoms. The second-order valence-electron chi connectivity index (χ2n) is 4.39. The normalized spacial score (nSPS) is 11.6. The van der Waals surface area contributed by atoms with Gasteiger partial charge in [0.2, 0.25) is 0 Å². The Bertz CT molecular complexity index is 715. The van der Waals surface area contributed by atoms with Crippen LogP contribution >= 0.6 is 27.3 Å². The van der Waals surface area contributed by atoms with Gasteiger partial charge in [-0.05, 0) is 48.6 Å². The standard InChI is InChI=1S/C13H14BrNO3S2/c1-8-5-10(14)6-9(2)13(8)15-20(17,18)12-3-4-19-11(12)7-16/h3-6,15-16H,7H2,1-2H3. The van der Waals surface area contributed by atoms with Gasteiger partial charge in [-0.3, -0.25) is 4.72 Å². The first-order chi connectivity index (χ1) is 9.35. The maximum absolute atomic E-state index is 12.4. The summed E-state index contributed by atoms with van der Waals surface area (Å²) >= 11 is 4.60. The molecule has 2 N–H and O–H groups in total. The SMILES string of the molecule is Cc1cc(Br)cc(C)c1NS(=O)(=O)c1ccsc1CO. The first-order valence-electron chi connectivity index (χ1n) is 5.82. The highest BCUT2D eigenvalue weighted by atomic mass is 79.9. The van der Waals surface area contributed by atoms with Gasteiger partial charge in [-0.25, -0.2) is 8.42 Å². The first kappa shape index (κ1) is 15.5. The first-order valence-corrected chi connectivity index (χ1v) is 8.97. The van der Waals surface area contributed by atoms with Crippen molar-refractivity contribution in [1.29, 1.82) is 0 Å². The van der Waals surface area contributed by atoms with Crippen molar-refractivity contribution in [3.05, 3.63) is 44.1 Å². The van der Waals surface area contributed by atoms with Crippen LogP contribution in [0.3, 0.4) is 0 Å². The van der Waals surface area contributed by atoms with E-state index < -0.39 is 10.0 Å². The third-order valence-electron chi connectivity index (χ3n) is 2.87. The van der Waals surface area contributed by atoms with Gasteiger partial charge in [-0.15, -0.1) is 11.3 Å². The molecule has 0 unspecified atom stereocenters. The van der Waals surface area contributed by atoms with Crippen LogP contribution in [0.4, 0.5) is 5.69 Å². The van der Waals surface area contributed by atoms with Gasteiger partial charge in [0.25, 0.3) is 10.0 Å². The van der Waals surface area contributed by atoms with E-state index in [0.717, 1.165) is 15.6 Å². The van der Waals surface area contributed by atoms with Crippen LogP contribution in [0, 0.1) is 13.8 Å². The minimum absolute atomic E-state index is 0.131. The summed E-state index contributed by atoms with van der Waals surface area (Å²) in [4.78, 5) is 0.566. The maximum atomic E-state index is 12.4. The molecule has 0 aliphatic carbocycles. The molecule has 1 aromatic heterocycles. The van der Waals surface area contributed by atoms with Crippen molar-refractivity contribution in [2.24, 2.45) is 0 Å². The quantitative estimate of drug-likeness (QED) is 0.859. The van der Waals surface area contributed by atoms with E-state index in [2.05, 4.69) is 20.7 Å². The average Bonchev–Trinajstić information content (AvgIpc) is 2.83. The molecule has 0 aliphatic rings. The van der Waals surface area contributed by atoms with Crippen LogP contribution in [0.2, 0.25) is 0 Å². The average molecular weight is 376 g/mol. The molecule has 4 nitrogen and oxygen atoms in total. The van der Waals surface area contributed by atoms with Crippen LogP contribution in [-0.4, -0.2) is 13.5 Å². The number of thiophene rings is 1. The summed E-state index contributed by atoms with van der Waals surface area (Å²) in [5.74, 6) is 0. The van der Waals surface area contributed by atoms with E-state index in [1.165, 1.54) is 17.4 Å². The van der Waals surface area contributed by atoms with Crippen molar-refractivity contribution < 1.29 is 13.5 Å². The van der Waals surface area contributed by atoms with Gasteiger partial charge in [0.1, 0.15) is 4.90 Å². The van der Waals surface area contributed by atoms with Crippen LogP contribution in [-0.2, 0) is 16.6 Å². The molecule has 2 rings (SSSR count). The van der Waals surface area contributed by atoms with Gasteiger partial charge >= 0.3 is 0 Å². The molecule has 0 saturated carbocycles. The van der Waals surface area contributed by atoms with Crippen molar-refractivity contribution in [2.75, 3.05) is 4.72 Å². The summed E-state index contributed by atoms with van der Waals surface area (Å²) in [6, 6.07) is 5.21. The van der Waals surface area contributed by atoms with E-state index in [-0.39, 0.29) is 11.5 Å². The Hall–Kier alpha value is -0.890. The summed E-state index contributed by atoms with van der Waals surface area (Å²) < 4.78 is 28.3. The Morgan fingerprint density at radius 2 is 1.90 bits per heavy atom. The van der Waals surface area contributed by atoms with E-state index in [1.54, 1.807) is 5.38 Å². The summed E-state index contributed by atoms with van der Waals surface area (Å²) in [6.07, 6.45) is 0. The van der Waals surface area contributed by atoms with Crippen molar-refractivity contribution in [2.45, 2.75) is 25.3 Å². The minimum atomic E-state index is -3.69. The Balaban J connectivity index is 2.44. The number of sulfonamides is 1. The smallest absolute Gasteiger partial charge is 0.263 e. The monoisotopic (exact) mass is 375 g/mol. The zero-order valence-corrected chi connectivity index (χ0v) is 14.2. The molecule has 0 aliphatic heterocycles. The topological polar surface area (TPSA) is 66.4 Å². The number of aliphatic hydroxyl groups excluding tert-OH is 1. The van der Waals surface area contributed by atoms with Crippen molar-refractivity contribution in [3.8, 4) is 0 Å². The van der Waals surface area contributed by atoms with Crippen molar-refractivity contribution in [1.82, 2.24) is 0 Å². The highest BCUT2D eigenvalue weighted by molar-refractivity contribution is 9.10. The number of aliphatic hydroxyl groups is 1. The molecule has 1 heterocycles. The maximum Gasteiger partial charge on any atom is 0.263 e. The Labute approximate surface area is 130 Å². The molecule has 1 aromatic carbocycles. The van der Waals surface area contributed by atoms with E-state index in [9.17, 15) is 13.5 Å². The zero-order valence-electron chi connectivity index (χ0n) is 11.0. The summed E-state index contributed by atoms with van der Waals surface area (Å²) in [5, 5.41) is 10.8. The summed E-state index contributed by atoms with van der Waals surface area (Å²) in [7, 11) is -3.69. The second kappa shape index (κ2) is 5.85. The zero-order chi connectivity index (χ0) is 14.9. The van der Waals surface area contributed by atoms with E-state index >= 15 is 0 Å². The number of nitrogens with one attached hydrogen (secondary N) is 1. The molecule has 108 valence electrons. The second-order valence-corrected chi connectivity index (χ2v) is 7.95. The lowest BCUT2D eigenvalue weighted by molar-refractivity contribution is 0.282. The lowest BCUT2D eigenvalue weighted by Gasteiger charge is -2.14. The number of anilines is 1. The fraction of sp³-hybridized carbons (Fsp3) is 0.231. The largest absolute Gasteiger partial charge is 0.391 e. The Kier molecular flexibility index (Phi) is 4.53. The molecule has 0 amide bonds. The van der Waals surface area contributed by atoms with Gasteiger partial charge < -0.3 is 5.11 Å². The molecule has 0 bridgehead atoms. The van der Waals surface area contributed by atoms with Crippen molar-refractivity contribution >= 4 is 43.0 Å². The van der Waals surface area contributed by atoms with Gasteiger partial charge in [-0.2, -0.15) is 0 Å². The number of hydrogen-bond donors (Lipinski definition) is 2. The van der Waals surface area contributed by atoms with E-state index in [1.807, 2.05) is 26.0 Å². The molecular weight excluding hydrogens is 362 g/mol. The highest BCUT2D eigenvalue weighted by Crippen LogP contribution is 2.29. The number of halogens is 1. The van der Waals surface area contributed by atoms with E-state index in [0.29, 0.717) is 10.6 Å². The third kappa shape index (κ3) is 3.06. The van der Waals surface area contributed by atoms with Gasteiger partial charge in [-0.1, -0.05) is 15.9 Å². The predicted octanol–water partition coefficient (Wildman–Crippen LogP) is 3.42. The fourth-order valence-corrected chi connectivity index (χ4v) is 5.13. The molecule has 2 aromatic rings. The van der Waals surface area contributed by atoms with Crippen LogP contribution in [0.25, 0.3) is 0 Å². The molecule has 0 fully saturated rings. The lowest BCUT2D eigenvalue weighted by Crippen LogP contribution is -2.15. The highest BCUT2D eigenvalue weighted by Gasteiger charge is 2.21. The van der Waals surface area contributed by atoms with Crippen LogP contribution < -0.4 is 4.72 Å². The molecular formula is C13H14BrNO3S2. The molecule has 0 saturated heterocycles. The number of aryl methyl sites for hydroxylation is 2. The molecule has 7 heteroatoms. The molecule has 20 heavy (non-hydrogen) atoms. The van der Waals surface area contributed by atoms with Crippen molar-refractivity contribution in [3.63, 3.8) is 0 Å². The van der Waals surface area contributed by atoms with Crippen LogP contribution in [0.5, 0.6) is 0 Å². The number of hydrogen-bond acceptors (Lipinski definition) is 4. The Morgan fingerprint density at radius 3 is 2.45 bits per heavy atom. The Morgan fingerprint density at radius 1 is 1.30 bits per heavy atom.